The Balaban J connectivity index is 1.32. The maximum absolute atomic E-state index is 12.9. The highest BCUT2D eigenvalue weighted by Gasteiger charge is 2.37. The number of aryl methyl sites for hydroxylation is 1. The number of hydrogen-bond acceptors (Lipinski definition) is 9. The Morgan fingerprint density at radius 1 is 1.32 bits per heavy atom. The second-order valence-corrected chi connectivity index (χ2v) is 10.7. The van der Waals surface area contributed by atoms with Crippen LogP contribution in [0.4, 0.5) is 11.5 Å². The SMILES string of the molecule is COc1cc2[nH]c(=O)sc2cc1Nc1ncnc2sc3c(c12)CC[C@@H](C(=O)N1CC(C#N)C1)C3. The zero-order chi connectivity index (χ0) is 23.4. The number of amides is 1. The van der Waals surface area contributed by atoms with E-state index in [1.54, 1.807) is 29.4 Å². The van der Waals surface area contributed by atoms with E-state index in [9.17, 15) is 9.59 Å². The Hall–Kier alpha value is -3.49. The molecule has 11 heteroatoms. The topological polar surface area (TPSA) is 124 Å². The lowest BCUT2D eigenvalue weighted by Crippen LogP contribution is -2.52. The van der Waals surface area contributed by atoms with E-state index in [1.165, 1.54) is 16.8 Å². The molecule has 34 heavy (non-hydrogen) atoms. The van der Waals surface area contributed by atoms with Gasteiger partial charge in [0.25, 0.3) is 0 Å². The normalized spacial score (nSPS) is 17.9. The fourth-order valence-corrected chi connectivity index (χ4v) is 6.81. The first kappa shape index (κ1) is 21.1. The summed E-state index contributed by atoms with van der Waals surface area (Å²) in [4.78, 5) is 40.2. The van der Waals surface area contributed by atoms with Crippen LogP contribution in [0.3, 0.4) is 0 Å². The molecule has 0 saturated carbocycles. The number of H-pyrrole nitrogens is 1. The number of nitriles is 1. The van der Waals surface area contributed by atoms with Crippen molar-refractivity contribution >= 4 is 60.5 Å². The summed E-state index contributed by atoms with van der Waals surface area (Å²) in [5.41, 5.74) is 2.65. The van der Waals surface area contributed by atoms with E-state index < -0.39 is 0 Å². The predicted octanol–water partition coefficient (Wildman–Crippen LogP) is 3.43. The smallest absolute Gasteiger partial charge is 0.305 e. The van der Waals surface area contributed by atoms with Gasteiger partial charge in [-0.2, -0.15) is 5.26 Å². The summed E-state index contributed by atoms with van der Waals surface area (Å²) in [6.07, 6.45) is 3.77. The number of ether oxygens (including phenoxy) is 1. The zero-order valence-electron chi connectivity index (χ0n) is 18.3. The summed E-state index contributed by atoms with van der Waals surface area (Å²) in [6.45, 7) is 1.10. The fraction of sp³-hybridized carbons (Fsp3) is 0.348. The van der Waals surface area contributed by atoms with Crippen molar-refractivity contribution in [2.75, 3.05) is 25.5 Å². The molecular formula is C23H20N6O3S2. The Morgan fingerprint density at radius 2 is 2.18 bits per heavy atom. The van der Waals surface area contributed by atoms with Crippen molar-refractivity contribution in [3.05, 3.63) is 38.6 Å². The van der Waals surface area contributed by atoms with Crippen molar-refractivity contribution in [1.82, 2.24) is 19.9 Å². The van der Waals surface area contributed by atoms with E-state index in [2.05, 4.69) is 26.3 Å². The van der Waals surface area contributed by atoms with Crippen molar-refractivity contribution < 1.29 is 9.53 Å². The molecule has 1 fully saturated rings. The summed E-state index contributed by atoms with van der Waals surface area (Å²) in [5.74, 6) is 1.37. The molecular weight excluding hydrogens is 472 g/mol. The zero-order valence-corrected chi connectivity index (χ0v) is 19.9. The van der Waals surface area contributed by atoms with E-state index >= 15 is 0 Å². The van der Waals surface area contributed by atoms with Crippen molar-refractivity contribution in [2.45, 2.75) is 19.3 Å². The molecule has 1 atom stereocenters. The number of thiazole rings is 1. The van der Waals surface area contributed by atoms with Crippen LogP contribution in [0.2, 0.25) is 0 Å². The van der Waals surface area contributed by atoms with Crippen LogP contribution >= 0.6 is 22.7 Å². The monoisotopic (exact) mass is 492 g/mol. The molecule has 1 aromatic carbocycles. The first-order valence-electron chi connectivity index (χ1n) is 11.0. The molecule has 4 aromatic rings. The molecule has 4 heterocycles. The second kappa shape index (κ2) is 8.07. The second-order valence-electron chi connectivity index (χ2n) is 8.60. The highest BCUT2D eigenvalue weighted by molar-refractivity contribution is 7.19. The molecule has 1 aliphatic carbocycles. The van der Waals surface area contributed by atoms with Crippen molar-refractivity contribution in [3.63, 3.8) is 0 Å². The minimum Gasteiger partial charge on any atom is -0.494 e. The summed E-state index contributed by atoms with van der Waals surface area (Å²) in [6, 6.07) is 5.92. The Bertz CT molecular complexity index is 1540. The lowest BCUT2D eigenvalue weighted by molar-refractivity contribution is -0.141. The highest BCUT2D eigenvalue weighted by Crippen LogP contribution is 2.42. The van der Waals surface area contributed by atoms with Crippen LogP contribution in [0.1, 0.15) is 16.9 Å². The molecule has 3 aromatic heterocycles. The Kier molecular flexibility index (Phi) is 5.00. The third kappa shape index (κ3) is 3.41. The van der Waals surface area contributed by atoms with E-state index in [-0.39, 0.29) is 22.6 Å². The van der Waals surface area contributed by atoms with Crippen molar-refractivity contribution in [3.8, 4) is 11.8 Å². The number of thiophene rings is 1. The molecule has 0 radical (unpaired) electrons. The quantitative estimate of drug-likeness (QED) is 0.447. The van der Waals surface area contributed by atoms with Crippen molar-refractivity contribution in [2.24, 2.45) is 11.8 Å². The van der Waals surface area contributed by atoms with Gasteiger partial charge in [0.05, 0.1) is 40.4 Å². The van der Waals surface area contributed by atoms with E-state index in [0.29, 0.717) is 31.1 Å². The maximum atomic E-state index is 12.9. The molecule has 1 saturated heterocycles. The number of aromatic amines is 1. The number of fused-ring (bicyclic) bond motifs is 4. The maximum Gasteiger partial charge on any atom is 0.305 e. The number of carbonyl (C=O) groups is 1. The largest absolute Gasteiger partial charge is 0.494 e. The molecule has 6 rings (SSSR count). The third-order valence-corrected chi connectivity index (χ3v) is 8.57. The van der Waals surface area contributed by atoms with E-state index in [0.717, 1.165) is 50.3 Å². The fourth-order valence-electron chi connectivity index (χ4n) is 4.79. The number of carbonyl (C=O) groups excluding carboxylic acids is 1. The van der Waals surface area contributed by atoms with Crippen LogP contribution in [0, 0.1) is 23.2 Å². The molecule has 0 bridgehead atoms. The molecule has 0 unspecified atom stereocenters. The number of likely N-dealkylation sites (tertiary alicyclic amines) is 1. The van der Waals surface area contributed by atoms with Gasteiger partial charge in [-0.3, -0.25) is 9.59 Å². The van der Waals surface area contributed by atoms with Gasteiger partial charge in [-0.25, -0.2) is 9.97 Å². The van der Waals surface area contributed by atoms with Gasteiger partial charge in [0.2, 0.25) is 5.91 Å². The Labute approximate surface area is 202 Å². The summed E-state index contributed by atoms with van der Waals surface area (Å²) in [5, 5.41) is 13.4. The number of aromatic nitrogens is 3. The number of nitrogens with zero attached hydrogens (tertiary/aromatic N) is 4. The average molecular weight is 493 g/mol. The number of nitrogens with one attached hydrogen (secondary N) is 2. The van der Waals surface area contributed by atoms with Crippen molar-refractivity contribution in [1.29, 1.82) is 5.26 Å². The first-order chi connectivity index (χ1) is 16.5. The van der Waals surface area contributed by atoms with Gasteiger partial charge in [-0.15, -0.1) is 11.3 Å². The summed E-state index contributed by atoms with van der Waals surface area (Å²) in [7, 11) is 1.59. The van der Waals surface area contributed by atoms with Gasteiger partial charge < -0.3 is 19.9 Å². The lowest BCUT2D eigenvalue weighted by atomic mass is 9.85. The average Bonchev–Trinajstić information content (AvgIpc) is 3.36. The van der Waals surface area contributed by atoms with Crippen LogP contribution < -0.4 is 14.9 Å². The van der Waals surface area contributed by atoms with Gasteiger partial charge in [-0.05, 0) is 30.9 Å². The van der Waals surface area contributed by atoms with Crippen LogP contribution in [0.15, 0.2) is 23.3 Å². The number of methoxy groups -OCH3 is 1. The molecule has 172 valence electrons. The Morgan fingerprint density at radius 3 is 2.97 bits per heavy atom. The van der Waals surface area contributed by atoms with Crippen LogP contribution in [-0.2, 0) is 17.6 Å². The molecule has 2 N–H and O–H groups in total. The van der Waals surface area contributed by atoms with Gasteiger partial charge >= 0.3 is 4.87 Å². The number of anilines is 2. The minimum atomic E-state index is -0.115. The van der Waals surface area contributed by atoms with Crippen LogP contribution in [0.25, 0.3) is 20.4 Å². The van der Waals surface area contributed by atoms with Gasteiger partial charge in [-0.1, -0.05) is 11.3 Å². The van der Waals surface area contributed by atoms with Gasteiger partial charge in [0.1, 0.15) is 22.7 Å². The van der Waals surface area contributed by atoms with Gasteiger partial charge in [0, 0.05) is 30.0 Å². The molecule has 9 nitrogen and oxygen atoms in total. The molecule has 1 amide bonds. The molecule has 0 spiro atoms. The summed E-state index contributed by atoms with van der Waals surface area (Å²) < 4.78 is 6.38. The van der Waals surface area contributed by atoms with Crippen LogP contribution in [0.5, 0.6) is 5.75 Å². The standard InChI is InChI=1S/C23H20N6O3S2/c1-32-16-5-15-18(34-23(31)28-15)6-14(16)27-20-19-13-3-2-12(22(30)29-8-11(7-24)9-29)4-17(13)33-21(19)26-10-25-20/h5-6,10-12H,2-4,8-9H2,1H3,(H,28,31)(H,25,26,27)/t12-/m1/s1. The molecule has 2 aliphatic rings. The first-order valence-corrected chi connectivity index (χ1v) is 12.6. The lowest BCUT2D eigenvalue weighted by Gasteiger charge is -2.38. The van der Waals surface area contributed by atoms with Crippen LogP contribution in [-0.4, -0.2) is 46.0 Å². The summed E-state index contributed by atoms with van der Waals surface area (Å²) >= 11 is 2.76. The number of hydrogen-bond donors (Lipinski definition) is 2. The third-order valence-electron chi connectivity index (χ3n) is 6.56. The number of rotatable bonds is 4. The minimum absolute atomic E-state index is 0.0279. The van der Waals surface area contributed by atoms with E-state index in [1.807, 2.05) is 6.07 Å². The predicted molar refractivity (Wildman–Crippen MR) is 131 cm³/mol. The molecule has 1 aliphatic heterocycles. The highest BCUT2D eigenvalue weighted by atomic mass is 32.1. The van der Waals surface area contributed by atoms with Gasteiger partial charge in [0.15, 0.2) is 0 Å². The number of benzene rings is 1. The van der Waals surface area contributed by atoms with E-state index in [4.69, 9.17) is 10.00 Å².